The molecular formula is C13H23N3. The van der Waals surface area contributed by atoms with Crippen molar-refractivity contribution in [3.8, 4) is 0 Å². The van der Waals surface area contributed by atoms with E-state index >= 15 is 0 Å². The third kappa shape index (κ3) is 1.83. The van der Waals surface area contributed by atoms with E-state index < -0.39 is 0 Å². The molecule has 1 aliphatic carbocycles. The van der Waals surface area contributed by atoms with Gasteiger partial charge in [0, 0.05) is 17.2 Å². The first kappa shape index (κ1) is 11.5. The second-order valence-electron chi connectivity index (χ2n) is 5.68. The maximum Gasteiger partial charge on any atom is 0.148 e. The van der Waals surface area contributed by atoms with Crippen molar-refractivity contribution in [3.05, 3.63) is 11.3 Å². The maximum atomic E-state index is 5.94. The van der Waals surface area contributed by atoms with Gasteiger partial charge >= 0.3 is 0 Å². The lowest BCUT2D eigenvalue weighted by molar-refractivity contribution is 0.326. The average molecular weight is 221 g/mol. The topological polar surface area (TPSA) is 54.7 Å². The van der Waals surface area contributed by atoms with E-state index in [2.05, 4.69) is 31.0 Å². The Morgan fingerprint density at radius 1 is 1.50 bits per heavy atom. The fourth-order valence-electron chi connectivity index (χ4n) is 3.06. The highest BCUT2D eigenvalue weighted by molar-refractivity contribution is 5.44. The largest absolute Gasteiger partial charge is 0.382 e. The van der Waals surface area contributed by atoms with Crippen LogP contribution in [0.1, 0.15) is 63.6 Å². The number of aromatic amines is 1. The smallest absolute Gasteiger partial charge is 0.148 e. The van der Waals surface area contributed by atoms with E-state index in [1.165, 1.54) is 30.5 Å². The van der Waals surface area contributed by atoms with Crippen LogP contribution in [0.3, 0.4) is 0 Å². The summed E-state index contributed by atoms with van der Waals surface area (Å²) in [5.41, 5.74) is 8.91. The molecule has 0 aliphatic heterocycles. The van der Waals surface area contributed by atoms with Gasteiger partial charge in [-0.1, -0.05) is 33.6 Å². The number of aromatic nitrogens is 2. The lowest BCUT2D eigenvalue weighted by Crippen LogP contribution is -2.17. The van der Waals surface area contributed by atoms with Crippen LogP contribution in [0.5, 0.6) is 0 Å². The first-order valence-electron chi connectivity index (χ1n) is 6.39. The number of anilines is 1. The molecule has 0 radical (unpaired) electrons. The Labute approximate surface area is 97.8 Å². The molecule has 0 saturated heterocycles. The average Bonchev–Trinajstić information content (AvgIpc) is 2.72. The molecule has 0 spiro atoms. The second-order valence-corrected chi connectivity index (χ2v) is 5.68. The number of H-pyrrole nitrogens is 1. The summed E-state index contributed by atoms with van der Waals surface area (Å²) in [6.45, 7) is 6.91. The van der Waals surface area contributed by atoms with Gasteiger partial charge in [0.2, 0.25) is 0 Å². The SMILES string of the molecule is CCCc1c(N)n[nH]c1C1CCCC1(C)C. The van der Waals surface area contributed by atoms with Crippen LogP contribution in [0.4, 0.5) is 5.82 Å². The number of hydrogen-bond acceptors (Lipinski definition) is 2. The van der Waals surface area contributed by atoms with Gasteiger partial charge in [-0.05, 0) is 24.7 Å². The number of nitrogens with two attached hydrogens (primary N) is 1. The molecule has 1 fully saturated rings. The predicted molar refractivity (Wildman–Crippen MR) is 67.4 cm³/mol. The number of nitrogen functional groups attached to an aromatic ring is 1. The van der Waals surface area contributed by atoms with Crippen LogP contribution in [0, 0.1) is 5.41 Å². The van der Waals surface area contributed by atoms with Crippen molar-refractivity contribution in [3.63, 3.8) is 0 Å². The molecule has 1 aliphatic rings. The van der Waals surface area contributed by atoms with Gasteiger partial charge in [0.25, 0.3) is 0 Å². The van der Waals surface area contributed by atoms with Crippen molar-refractivity contribution in [2.45, 2.75) is 58.8 Å². The monoisotopic (exact) mass is 221 g/mol. The van der Waals surface area contributed by atoms with Crippen molar-refractivity contribution in [2.24, 2.45) is 5.41 Å². The lowest BCUT2D eigenvalue weighted by atomic mass is 9.78. The van der Waals surface area contributed by atoms with E-state index in [1.807, 2.05) is 0 Å². The molecular weight excluding hydrogens is 198 g/mol. The predicted octanol–water partition coefficient (Wildman–Crippen LogP) is 3.24. The van der Waals surface area contributed by atoms with E-state index in [4.69, 9.17) is 5.73 Å². The van der Waals surface area contributed by atoms with Crippen LogP contribution >= 0.6 is 0 Å². The molecule has 1 aromatic rings. The molecule has 1 aromatic heterocycles. The molecule has 1 saturated carbocycles. The van der Waals surface area contributed by atoms with E-state index in [-0.39, 0.29) is 0 Å². The molecule has 1 atom stereocenters. The molecule has 1 unspecified atom stereocenters. The second kappa shape index (κ2) is 4.11. The number of hydrogen-bond donors (Lipinski definition) is 2. The molecule has 2 rings (SSSR count). The minimum absolute atomic E-state index is 0.390. The van der Waals surface area contributed by atoms with Gasteiger partial charge in [0.05, 0.1) is 0 Å². The molecule has 0 aromatic carbocycles. The van der Waals surface area contributed by atoms with Gasteiger partial charge in [-0.25, -0.2) is 0 Å². The zero-order chi connectivity index (χ0) is 11.8. The number of rotatable bonds is 3. The van der Waals surface area contributed by atoms with Gasteiger partial charge in [0.15, 0.2) is 0 Å². The molecule has 3 N–H and O–H groups in total. The van der Waals surface area contributed by atoms with E-state index in [1.54, 1.807) is 0 Å². The molecule has 0 bridgehead atoms. The number of nitrogens with one attached hydrogen (secondary N) is 1. The van der Waals surface area contributed by atoms with E-state index in [9.17, 15) is 0 Å². The molecule has 16 heavy (non-hydrogen) atoms. The van der Waals surface area contributed by atoms with Gasteiger partial charge < -0.3 is 5.73 Å². The van der Waals surface area contributed by atoms with Crippen LogP contribution in [0.15, 0.2) is 0 Å². The first-order valence-corrected chi connectivity index (χ1v) is 6.39. The third-order valence-corrected chi connectivity index (χ3v) is 4.04. The van der Waals surface area contributed by atoms with Crippen molar-refractivity contribution in [2.75, 3.05) is 5.73 Å². The minimum atomic E-state index is 0.390. The van der Waals surface area contributed by atoms with E-state index in [0.29, 0.717) is 17.2 Å². The van der Waals surface area contributed by atoms with Crippen LogP contribution in [-0.2, 0) is 6.42 Å². The van der Waals surface area contributed by atoms with E-state index in [0.717, 1.165) is 12.8 Å². The molecule has 0 amide bonds. The molecule has 3 heteroatoms. The van der Waals surface area contributed by atoms with Crippen LogP contribution < -0.4 is 5.73 Å². The Hall–Kier alpha value is -0.990. The molecule has 3 nitrogen and oxygen atoms in total. The summed E-state index contributed by atoms with van der Waals surface area (Å²) in [7, 11) is 0. The van der Waals surface area contributed by atoms with Crippen molar-refractivity contribution in [1.29, 1.82) is 0 Å². The van der Waals surface area contributed by atoms with Crippen LogP contribution in [0.25, 0.3) is 0 Å². The summed E-state index contributed by atoms with van der Waals surface area (Å²) < 4.78 is 0. The summed E-state index contributed by atoms with van der Waals surface area (Å²) in [6.07, 6.45) is 6.07. The Kier molecular flexibility index (Phi) is 2.96. The standard InChI is InChI=1S/C13H23N3/c1-4-6-9-11(15-16-12(9)14)10-7-5-8-13(10,2)3/h10H,4-8H2,1-3H3,(H3,14,15,16). The Morgan fingerprint density at radius 2 is 2.25 bits per heavy atom. The van der Waals surface area contributed by atoms with Gasteiger partial charge in [-0.3, -0.25) is 5.10 Å². The summed E-state index contributed by atoms with van der Waals surface area (Å²) in [4.78, 5) is 0. The van der Waals surface area contributed by atoms with Gasteiger partial charge in [-0.15, -0.1) is 0 Å². The maximum absolute atomic E-state index is 5.94. The Bertz CT molecular complexity index is 365. The van der Waals surface area contributed by atoms with Gasteiger partial charge in [0.1, 0.15) is 5.82 Å². The summed E-state index contributed by atoms with van der Waals surface area (Å²) in [5.74, 6) is 1.32. The van der Waals surface area contributed by atoms with Gasteiger partial charge in [-0.2, -0.15) is 5.10 Å². The van der Waals surface area contributed by atoms with Crippen LogP contribution in [0.2, 0.25) is 0 Å². The van der Waals surface area contributed by atoms with Crippen molar-refractivity contribution >= 4 is 5.82 Å². The highest BCUT2D eigenvalue weighted by Gasteiger charge is 2.37. The Balaban J connectivity index is 2.33. The number of nitrogens with zero attached hydrogens (tertiary/aromatic N) is 1. The van der Waals surface area contributed by atoms with Crippen LogP contribution in [-0.4, -0.2) is 10.2 Å². The zero-order valence-corrected chi connectivity index (χ0v) is 10.6. The summed E-state index contributed by atoms with van der Waals surface area (Å²) in [6, 6.07) is 0. The normalized spacial score (nSPS) is 23.8. The quantitative estimate of drug-likeness (QED) is 0.823. The third-order valence-electron chi connectivity index (χ3n) is 4.04. The fraction of sp³-hybridized carbons (Fsp3) is 0.769. The Morgan fingerprint density at radius 3 is 2.81 bits per heavy atom. The summed E-state index contributed by atoms with van der Waals surface area (Å²) >= 11 is 0. The highest BCUT2D eigenvalue weighted by Crippen LogP contribution is 2.49. The van der Waals surface area contributed by atoms with Crippen molar-refractivity contribution < 1.29 is 0 Å². The summed E-state index contributed by atoms with van der Waals surface area (Å²) in [5, 5.41) is 7.38. The first-order chi connectivity index (χ1) is 7.56. The fourth-order valence-corrected chi connectivity index (χ4v) is 3.06. The minimum Gasteiger partial charge on any atom is -0.382 e. The zero-order valence-electron chi connectivity index (χ0n) is 10.6. The van der Waals surface area contributed by atoms with Crippen molar-refractivity contribution in [1.82, 2.24) is 10.2 Å². The highest BCUT2D eigenvalue weighted by atomic mass is 15.2. The lowest BCUT2D eigenvalue weighted by Gasteiger charge is -2.26. The molecule has 90 valence electrons. The molecule has 1 heterocycles.